The molecule has 0 spiro atoms. The van der Waals surface area contributed by atoms with Crippen molar-refractivity contribution in [1.29, 1.82) is 0 Å². The van der Waals surface area contributed by atoms with E-state index in [1.165, 1.54) is 6.42 Å². The first-order valence-electron chi connectivity index (χ1n) is 9.96. The van der Waals surface area contributed by atoms with E-state index in [0.717, 1.165) is 18.7 Å². The van der Waals surface area contributed by atoms with Gasteiger partial charge in [-0.05, 0) is 36.0 Å². The lowest BCUT2D eigenvalue weighted by Crippen LogP contribution is -2.57. The van der Waals surface area contributed by atoms with Gasteiger partial charge in [0.1, 0.15) is 12.6 Å². The predicted octanol–water partition coefficient (Wildman–Crippen LogP) is 2.05. The van der Waals surface area contributed by atoms with E-state index in [2.05, 4.69) is 13.8 Å². The highest BCUT2D eigenvalue weighted by Gasteiger charge is 2.42. The van der Waals surface area contributed by atoms with Crippen LogP contribution in [-0.4, -0.2) is 69.7 Å². The lowest BCUT2D eigenvalue weighted by Gasteiger charge is -2.36. The van der Waals surface area contributed by atoms with Gasteiger partial charge in [-0.2, -0.15) is 0 Å². The van der Waals surface area contributed by atoms with E-state index < -0.39 is 0 Å². The third-order valence-corrected chi connectivity index (χ3v) is 6.87. The van der Waals surface area contributed by atoms with Gasteiger partial charge < -0.3 is 14.7 Å². The summed E-state index contributed by atoms with van der Waals surface area (Å²) in [4.78, 5) is 43.0. The summed E-state index contributed by atoms with van der Waals surface area (Å²) in [6.07, 6.45) is 1.17. The Morgan fingerprint density at radius 2 is 1.79 bits per heavy atom. The van der Waals surface area contributed by atoms with Crippen molar-refractivity contribution < 1.29 is 14.4 Å². The third-order valence-electron chi connectivity index (χ3n) is 5.86. The molecule has 3 atom stereocenters. The number of nitrogens with zero attached hydrogens (tertiary/aromatic N) is 3. The number of hydrogen-bond acceptors (Lipinski definition) is 4. The average molecular weight is 402 g/mol. The van der Waals surface area contributed by atoms with Crippen molar-refractivity contribution in [3.8, 4) is 0 Å². The quantitative estimate of drug-likeness (QED) is 0.778. The Kier molecular flexibility index (Phi) is 5.36. The highest BCUT2D eigenvalue weighted by molar-refractivity contribution is 7.99. The Morgan fingerprint density at radius 3 is 2.46 bits per heavy atom. The lowest BCUT2D eigenvalue weighted by atomic mass is 9.91. The number of piperidine rings is 1. The van der Waals surface area contributed by atoms with Crippen LogP contribution in [0.1, 0.15) is 36.2 Å². The standard InChI is InChI=1S/C21H27N3O3S/c1-14-7-15(2)9-22(8-14)20(26)17-5-3-16(4-6-17)10-23-11-19(25)24-13-28-12-18(24)21(23)27/h3-6,14-15,18H,7-13H2,1-2H3. The van der Waals surface area contributed by atoms with Gasteiger partial charge in [0.2, 0.25) is 11.8 Å². The molecule has 4 rings (SSSR count). The summed E-state index contributed by atoms with van der Waals surface area (Å²) in [5.41, 5.74) is 1.63. The maximum atomic E-state index is 12.8. The number of rotatable bonds is 3. The molecule has 3 amide bonds. The van der Waals surface area contributed by atoms with E-state index in [0.29, 0.717) is 35.6 Å². The molecule has 3 aliphatic heterocycles. The van der Waals surface area contributed by atoms with Crippen LogP contribution in [0.3, 0.4) is 0 Å². The minimum absolute atomic E-state index is 0.0229. The molecular weight excluding hydrogens is 374 g/mol. The molecule has 1 aromatic carbocycles. The summed E-state index contributed by atoms with van der Waals surface area (Å²) in [5, 5.41) is 0. The van der Waals surface area contributed by atoms with Gasteiger partial charge in [-0.25, -0.2) is 0 Å². The Morgan fingerprint density at radius 1 is 1.11 bits per heavy atom. The fourth-order valence-corrected chi connectivity index (χ4v) is 5.73. The molecule has 3 heterocycles. The fraction of sp³-hybridized carbons (Fsp3) is 0.571. The minimum atomic E-state index is -0.310. The second-order valence-corrected chi connectivity index (χ2v) is 9.43. The molecule has 6 nitrogen and oxygen atoms in total. The van der Waals surface area contributed by atoms with Gasteiger partial charge in [0.25, 0.3) is 5.91 Å². The van der Waals surface area contributed by atoms with Crippen LogP contribution in [0.4, 0.5) is 0 Å². The number of fused-ring (bicyclic) bond motifs is 1. The zero-order chi connectivity index (χ0) is 19.8. The number of amides is 3. The first-order valence-corrected chi connectivity index (χ1v) is 11.1. The van der Waals surface area contributed by atoms with Gasteiger partial charge in [-0.3, -0.25) is 14.4 Å². The van der Waals surface area contributed by atoms with E-state index in [1.54, 1.807) is 21.6 Å². The van der Waals surface area contributed by atoms with E-state index >= 15 is 0 Å². The van der Waals surface area contributed by atoms with Crippen molar-refractivity contribution >= 4 is 29.5 Å². The number of hydrogen-bond donors (Lipinski definition) is 0. The van der Waals surface area contributed by atoms with Gasteiger partial charge in [-0.15, -0.1) is 11.8 Å². The summed E-state index contributed by atoms with van der Waals surface area (Å²) >= 11 is 1.63. The number of benzene rings is 1. The second-order valence-electron chi connectivity index (χ2n) is 8.43. The second kappa shape index (κ2) is 7.78. The van der Waals surface area contributed by atoms with Gasteiger partial charge in [0, 0.05) is 31.0 Å². The fourth-order valence-electron chi connectivity index (χ4n) is 4.55. The zero-order valence-corrected chi connectivity index (χ0v) is 17.3. The normalized spacial score (nSPS) is 27.9. The molecule has 150 valence electrons. The van der Waals surface area contributed by atoms with Gasteiger partial charge in [-0.1, -0.05) is 26.0 Å². The van der Waals surface area contributed by atoms with E-state index in [1.807, 2.05) is 29.2 Å². The molecule has 3 aliphatic rings. The van der Waals surface area contributed by atoms with Crippen LogP contribution in [0.5, 0.6) is 0 Å². The molecule has 0 radical (unpaired) electrons. The van der Waals surface area contributed by atoms with Crippen LogP contribution in [0.2, 0.25) is 0 Å². The van der Waals surface area contributed by atoms with E-state index in [-0.39, 0.29) is 30.3 Å². The van der Waals surface area contributed by atoms with E-state index in [4.69, 9.17) is 0 Å². The number of thioether (sulfide) groups is 1. The maximum Gasteiger partial charge on any atom is 0.253 e. The Balaban J connectivity index is 1.41. The summed E-state index contributed by atoms with van der Waals surface area (Å²) in [6.45, 7) is 6.56. The number of likely N-dealkylation sites (tertiary alicyclic amines) is 1. The molecule has 3 fully saturated rings. The van der Waals surface area contributed by atoms with Crippen LogP contribution >= 0.6 is 11.8 Å². The summed E-state index contributed by atoms with van der Waals surface area (Å²) < 4.78 is 0. The van der Waals surface area contributed by atoms with Crippen molar-refractivity contribution in [3.05, 3.63) is 35.4 Å². The molecular formula is C21H27N3O3S. The molecule has 1 aromatic rings. The van der Waals surface area contributed by atoms with Crippen LogP contribution in [0, 0.1) is 11.8 Å². The first kappa shape index (κ1) is 19.3. The molecule has 28 heavy (non-hydrogen) atoms. The van der Waals surface area contributed by atoms with Crippen molar-refractivity contribution in [2.45, 2.75) is 32.9 Å². The number of carbonyl (C=O) groups is 3. The SMILES string of the molecule is CC1CC(C)CN(C(=O)c2ccc(CN3CC(=O)N4CSCC4C3=O)cc2)C1. The minimum Gasteiger partial charge on any atom is -0.338 e. The Hall–Kier alpha value is -2.02. The average Bonchev–Trinajstić information content (AvgIpc) is 3.16. The maximum absolute atomic E-state index is 12.8. The molecule has 0 aromatic heterocycles. The first-order chi connectivity index (χ1) is 13.4. The van der Waals surface area contributed by atoms with E-state index in [9.17, 15) is 14.4 Å². The van der Waals surface area contributed by atoms with Crippen LogP contribution in [0.25, 0.3) is 0 Å². The lowest BCUT2D eigenvalue weighted by molar-refractivity contribution is -0.153. The highest BCUT2D eigenvalue weighted by atomic mass is 32.2. The van der Waals surface area contributed by atoms with Crippen LogP contribution < -0.4 is 0 Å². The zero-order valence-electron chi connectivity index (χ0n) is 16.5. The highest BCUT2D eigenvalue weighted by Crippen LogP contribution is 2.27. The molecule has 3 unspecified atom stereocenters. The number of carbonyl (C=O) groups excluding carboxylic acids is 3. The molecule has 0 bridgehead atoms. The summed E-state index contributed by atoms with van der Waals surface area (Å²) in [7, 11) is 0. The van der Waals surface area contributed by atoms with Crippen LogP contribution in [-0.2, 0) is 16.1 Å². The Labute approximate surface area is 170 Å². The van der Waals surface area contributed by atoms with Crippen molar-refractivity contribution in [2.75, 3.05) is 31.3 Å². The molecule has 7 heteroatoms. The van der Waals surface area contributed by atoms with Gasteiger partial charge in [0.15, 0.2) is 0 Å². The molecule has 0 N–H and O–H groups in total. The summed E-state index contributed by atoms with van der Waals surface area (Å²) in [6, 6.07) is 7.18. The van der Waals surface area contributed by atoms with Crippen molar-refractivity contribution in [3.63, 3.8) is 0 Å². The topological polar surface area (TPSA) is 60.9 Å². The summed E-state index contributed by atoms with van der Waals surface area (Å²) in [5.74, 6) is 2.49. The largest absolute Gasteiger partial charge is 0.338 e. The van der Waals surface area contributed by atoms with Gasteiger partial charge in [0.05, 0.1) is 5.88 Å². The smallest absolute Gasteiger partial charge is 0.253 e. The monoisotopic (exact) mass is 401 g/mol. The van der Waals surface area contributed by atoms with Crippen molar-refractivity contribution in [2.24, 2.45) is 11.8 Å². The molecule has 0 saturated carbocycles. The van der Waals surface area contributed by atoms with Crippen molar-refractivity contribution in [1.82, 2.24) is 14.7 Å². The Bertz CT molecular complexity index is 772. The molecule has 3 saturated heterocycles. The van der Waals surface area contributed by atoms with Gasteiger partial charge >= 0.3 is 0 Å². The predicted molar refractivity (Wildman–Crippen MR) is 109 cm³/mol. The third kappa shape index (κ3) is 3.77. The van der Waals surface area contributed by atoms with Crippen LogP contribution in [0.15, 0.2) is 24.3 Å². The number of piperazine rings is 1. The molecule has 0 aliphatic carbocycles.